The third-order valence-electron chi connectivity index (χ3n) is 4.19. The molecule has 3 rings (SSSR count). The molecule has 1 atom stereocenters. The summed E-state index contributed by atoms with van der Waals surface area (Å²) in [6, 6.07) is 4.71. The summed E-state index contributed by atoms with van der Waals surface area (Å²) >= 11 is 6.06. The van der Waals surface area contributed by atoms with Crippen molar-refractivity contribution in [3.05, 3.63) is 44.8 Å². The van der Waals surface area contributed by atoms with E-state index in [-0.39, 0.29) is 23.1 Å². The number of aliphatic imine (C=N–C) groups is 1. The van der Waals surface area contributed by atoms with Crippen molar-refractivity contribution >= 4 is 33.3 Å². The maximum Gasteiger partial charge on any atom is 0.275 e. The molecule has 0 aliphatic carbocycles. The van der Waals surface area contributed by atoms with Gasteiger partial charge < -0.3 is 4.74 Å². The van der Waals surface area contributed by atoms with E-state index in [1.54, 1.807) is 25.1 Å². The lowest BCUT2D eigenvalue weighted by Gasteiger charge is -2.07. The number of hydrogen-bond donors (Lipinski definition) is 1. The lowest BCUT2D eigenvalue weighted by Crippen LogP contribution is -2.25. The summed E-state index contributed by atoms with van der Waals surface area (Å²) in [5.74, 6) is 0.635. The molecule has 1 aromatic heterocycles. The molecular formula is C16H18ClN3O4S. The van der Waals surface area contributed by atoms with Gasteiger partial charge in [-0.3, -0.25) is 14.9 Å². The standard InChI is InChI=1S/C16H18ClN3O4S/c1-10-13(8-18-11-3-4-15(24-2)14(17)7-11)16(21)20(19-10)12-5-6-25(22,23)9-12/h3-4,7-8,12,19H,5-6,9H2,1-2H3. The molecule has 2 heterocycles. The van der Waals surface area contributed by atoms with Gasteiger partial charge in [-0.15, -0.1) is 0 Å². The molecule has 0 amide bonds. The van der Waals surface area contributed by atoms with Crippen molar-refractivity contribution in [2.45, 2.75) is 19.4 Å². The van der Waals surface area contributed by atoms with Crippen LogP contribution in [0.4, 0.5) is 5.69 Å². The van der Waals surface area contributed by atoms with E-state index in [1.807, 2.05) is 0 Å². The number of rotatable bonds is 4. The van der Waals surface area contributed by atoms with Crippen molar-refractivity contribution in [2.75, 3.05) is 18.6 Å². The summed E-state index contributed by atoms with van der Waals surface area (Å²) in [6.45, 7) is 1.75. The molecule has 1 saturated heterocycles. The van der Waals surface area contributed by atoms with E-state index in [4.69, 9.17) is 16.3 Å². The second-order valence-corrected chi connectivity index (χ2v) is 8.60. The Kier molecular flexibility index (Phi) is 4.75. The van der Waals surface area contributed by atoms with Gasteiger partial charge in [-0.05, 0) is 31.5 Å². The van der Waals surface area contributed by atoms with Gasteiger partial charge in [0.05, 0.1) is 40.9 Å². The Hall–Kier alpha value is -2.06. The molecule has 1 unspecified atom stereocenters. The van der Waals surface area contributed by atoms with Gasteiger partial charge in [0, 0.05) is 11.9 Å². The molecule has 2 aromatic rings. The zero-order valence-electron chi connectivity index (χ0n) is 13.8. The third-order valence-corrected chi connectivity index (χ3v) is 6.24. The van der Waals surface area contributed by atoms with Gasteiger partial charge in [0.15, 0.2) is 9.84 Å². The lowest BCUT2D eigenvalue weighted by atomic mass is 10.2. The van der Waals surface area contributed by atoms with Crippen LogP contribution in [0.15, 0.2) is 28.0 Å². The number of aromatic amines is 1. The number of benzene rings is 1. The van der Waals surface area contributed by atoms with E-state index in [0.717, 1.165) is 0 Å². The summed E-state index contributed by atoms with van der Waals surface area (Å²) < 4.78 is 29.7. The van der Waals surface area contributed by atoms with Crippen LogP contribution in [0.1, 0.15) is 23.7 Å². The number of halogens is 1. The highest BCUT2D eigenvalue weighted by atomic mass is 35.5. The molecule has 1 aliphatic rings. The van der Waals surface area contributed by atoms with Gasteiger partial charge in [-0.25, -0.2) is 13.1 Å². The molecule has 0 saturated carbocycles. The Morgan fingerprint density at radius 2 is 2.20 bits per heavy atom. The van der Waals surface area contributed by atoms with Crippen molar-refractivity contribution in [3.63, 3.8) is 0 Å². The van der Waals surface area contributed by atoms with Crippen LogP contribution >= 0.6 is 11.6 Å². The van der Waals surface area contributed by atoms with Crippen LogP contribution in [-0.2, 0) is 9.84 Å². The average Bonchev–Trinajstić information content (AvgIpc) is 3.05. The topological polar surface area (TPSA) is 93.5 Å². The largest absolute Gasteiger partial charge is 0.495 e. The summed E-state index contributed by atoms with van der Waals surface area (Å²) in [5, 5.41) is 3.39. The first-order chi connectivity index (χ1) is 11.8. The number of ether oxygens (including phenoxy) is 1. The van der Waals surface area contributed by atoms with Crippen molar-refractivity contribution < 1.29 is 13.2 Å². The Morgan fingerprint density at radius 3 is 2.80 bits per heavy atom. The Bertz CT molecular complexity index is 991. The fourth-order valence-electron chi connectivity index (χ4n) is 2.84. The molecule has 25 heavy (non-hydrogen) atoms. The molecule has 9 heteroatoms. The maximum absolute atomic E-state index is 12.6. The average molecular weight is 384 g/mol. The first kappa shape index (κ1) is 17.8. The van der Waals surface area contributed by atoms with Gasteiger partial charge in [0.1, 0.15) is 5.75 Å². The second kappa shape index (κ2) is 6.68. The van der Waals surface area contributed by atoms with Crippen LogP contribution in [0.25, 0.3) is 0 Å². The van der Waals surface area contributed by atoms with Crippen LogP contribution < -0.4 is 10.3 Å². The predicted octanol–water partition coefficient (Wildman–Crippen LogP) is 2.26. The SMILES string of the molecule is COc1ccc(N=Cc2c(C)[nH]n(C3CCS(=O)(=O)C3)c2=O)cc1Cl. The molecule has 134 valence electrons. The molecule has 1 aromatic carbocycles. The van der Waals surface area contributed by atoms with Gasteiger partial charge >= 0.3 is 0 Å². The molecular weight excluding hydrogens is 366 g/mol. The highest BCUT2D eigenvalue weighted by molar-refractivity contribution is 7.91. The maximum atomic E-state index is 12.6. The van der Waals surface area contributed by atoms with Gasteiger partial charge in [0.2, 0.25) is 0 Å². The van der Waals surface area contributed by atoms with Crippen molar-refractivity contribution in [1.29, 1.82) is 0 Å². The summed E-state index contributed by atoms with van der Waals surface area (Å²) in [7, 11) is -1.54. The van der Waals surface area contributed by atoms with E-state index >= 15 is 0 Å². The first-order valence-electron chi connectivity index (χ1n) is 7.70. The summed E-state index contributed by atoms with van der Waals surface area (Å²) in [5.41, 5.74) is 1.35. The van der Waals surface area contributed by atoms with Gasteiger partial charge in [-0.1, -0.05) is 11.6 Å². The van der Waals surface area contributed by atoms with Crippen LogP contribution in [0.2, 0.25) is 5.02 Å². The van der Waals surface area contributed by atoms with Crippen molar-refractivity contribution in [3.8, 4) is 5.75 Å². The Morgan fingerprint density at radius 1 is 1.44 bits per heavy atom. The smallest absolute Gasteiger partial charge is 0.275 e. The minimum Gasteiger partial charge on any atom is -0.495 e. The fraction of sp³-hybridized carbons (Fsp3) is 0.375. The van der Waals surface area contributed by atoms with Crippen LogP contribution in [0, 0.1) is 6.92 Å². The van der Waals surface area contributed by atoms with Crippen molar-refractivity contribution in [1.82, 2.24) is 9.78 Å². The van der Waals surface area contributed by atoms with E-state index < -0.39 is 9.84 Å². The van der Waals surface area contributed by atoms with Gasteiger partial charge in [-0.2, -0.15) is 0 Å². The minimum atomic E-state index is -3.07. The number of H-pyrrole nitrogens is 1. The van der Waals surface area contributed by atoms with Gasteiger partial charge in [0.25, 0.3) is 5.56 Å². The molecule has 1 aliphatic heterocycles. The van der Waals surface area contributed by atoms with E-state index in [2.05, 4.69) is 10.1 Å². The Labute approximate surface area is 150 Å². The highest BCUT2D eigenvalue weighted by Gasteiger charge is 2.31. The van der Waals surface area contributed by atoms with Crippen molar-refractivity contribution in [2.24, 2.45) is 4.99 Å². The fourth-order valence-corrected chi connectivity index (χ4v) is 4.80. The zero-order chi connectivity index (χ0) is 18.2. The number of aromatic nitrogens is 2. The lowest BCUT2D eigenvalue weighted by molar-refractivity contribution is 0.415. The normalized spacial score (nSPS) is 19.6. The van der Waals surface area contributed by atoms with Crippen LogP contribution in [0.5, 0.6) is 5.75 Å². The number of sulfone groups is 1. The van der Waals surface area contributed by atoms with Crippen LogP contribution in [0.3, 0.4) is 0 Å². The van der Waals surface area contributed by atoms with E-state index in [9.17, 15) is 13.2 Å². The first-order valence-corrected chi connectivity index (χ1v) is 9.90. The summed E-state index contributed by atoms with van der Waals surface area (Å²) in [6.07, 6.45) is 1.90. The number of nitrogens with zero attached hydrogens (tertiary/aromatic N) is 2. The number of hydrogen-bond acceptors (Lipinski definition) is 5. The monoisotopic (exact) mass is 383 g/mol. The molecule has 7 nitrogen and oxygen atoms in total. The van der Waals surface area contributed by atoms with Crippen LogP contribution in [-0.4, -0.2) is 43.0 Å². The number of methoxy groups -OCH3 is 1. The van der Waals surface area contributed by atoms with E-state index in [0.29, 0.717) is 34.1 Å². The molecule has 0 bridgehead atoms. The molecule has 0 spiro atoms. The quantitative estimate of drug-likeness (QED) is 0.819. The zero-order valence-corrected chi connectivity index (χ0v) is 15.4. The molecule has 1 N–H and O–H groups in total. The number of aryl methyl sites for hydroxylation is 1. The number of nitrogens with one attached hydrogen (secondary N) is 1. The predicted molar refractivity (Wildman–Crippen MR) is 97.4 cm³/mol. The summed E-state index contributed by atoms with van der Waals surface area (Å²) in [4.78, 5) is 16.9. The highest BCUT2D eigenvalue weighted by Crippen LogP contribution is 2.28. The third kappa shape index (κ3) is 3.64. The Balaban J connectivity index is 1.89. The minimum absolute atomic E-state index is 0.0163. The second-order valence-electron chi connectivity index (χ2n) is 5.96. The molecule has 1 fully saturated rings. The molecule has 0 radical (unpaired) electrons. The van der Waals surface area contributed by atoms with E-state index in [1.165, 1.54) is 18.0 Å².